The van der Waals surface area contributed by atoms with Gasteiger partial charge in [-0.15, -0.1) is 0 Å². The Kier molecular flexibility index (Phi) is 5.25. The first-order chi connectivity index (χ1) is 7.91. The van der Waals surface area contributed by atoms with Gasteiger partial charge in [0.05, 0.1) is 12.1 Å². The minimum absolute atomic E-state index is 0.479. The highest BCUT2D eigenvalue weighted by atomic mass is 35.5. The van der Waals surface area contributed by atoms with E-state index in [4.69, 9.17) is 23.1 Å². The molecule has 5 N–H and O–H groups in total. The number of benzene rings is 1. The second kappa shape index (κ2) is 6.24. The van der Waals surface area contributed by atoms with Crippen molar-refractivity contribution in [1.29, 1.82) is 0 Å². The predicted molar refractivity (Wildman–Crippen MR) is 72.9 cm³/mol. The van der Waals surface area contributed by atoms with Crippen LogP contribution in [-0.2, 0) is 0 Å². The van der Waals surface area contributed by atoms with Crippen LogP contribution in [-0.4, -0.2) is 11.2 Å². The van der Waals surface area contributed by atoms with E-state index in [1.807, 2.05) is 0 Å². The highest BCUT2D eigenvalue weighted by Gasteiger charge is 2.19. The van der Waals surface area contributed by atoms with E-state index in [2.05, 4.69) is 13.8 Å². The number of rotatable bonds is 5. The Hall–Kier alpha value is -0.770. The van der Waals surface area contributed by atoms with Crippen LogP contribution in [0.4, 0.5) is 5.69 Å². The molecule has 17 heavy (non-hydrogen) atoms. The smallest absolute Gasteiger partial charge is 0.0733 e. The molecule has 96 valence electrons. The van der Waals surface area contributed by atoms with E-state index in [1.54, 1.807) is 18.2 Å². The van der Waals surface area contributed by atoms with Gasteiger partial charge in [0.25, 0.3) is 0 Å². The minimum Gasteiger partial charge on any atom is -0.398 e. The summed E-state index contributed by atoms with van der Waals surface area (Å²) in [6.07, 6.45) is 1.03. The number of aliphatic hydroxyl groups excluding tert-OH is 1. The van der Waals surface area contributed by atoms with Crippen molar-refractivity contribution < 1.29 is 5.11 Å². The molecule has 0 aliphatic carbocycles. The van der Waals surface area contributed by atoms with Gasteiger partial charge in [-0.3, -0.25) is 0 Å². The maximum Gasteiger partial charge on any atom is 0.0733 e. The van der Waals surface area contributed by atoms with E-state index in [0.29, 0.717) is 28.6 Å². The van der Waals surface area contributed by atoms with Gasteiger partial charge in [-0.25, -0.2) is 0 Å². The molecular weight excluding hydrogens is 236 g/mol. The lowest BCUT2D eigenvalue weighted by atomic mass is 9.95. The molecule has 0 aliphatic heterocycles. The van der Waals surface area contributed by atoms with Crippen LogP contribution >= 0.6 is 11.6 Å². The minimum atomic E-state index is -0.585. The molecule has 0 saturated heterocycles. The molecule has 0 heterocycles. The lowest BCUT2D eigenvalue weighted by Gasteiger charge is -2.21. The van der Waals surface area contributed by atoms with Gasteiger partial charge < -0.3 is 16.6 Å². The highest BCUT2D eigenvalue weighted by molar-refractivity contribution is 6.30. The fourth-order valence-corrected chi connectivity index (χ4v) is 1.91. The zero-order chi connectivity index (χ0) is 13.0. The highest BCUT2D eigenvalue weighted by Crippen LogP contribution is 2.26. The standard InChI is InChI=1S/C13H21ClN2O/c1-8(2)3-6-12(17)13(16)10-7-9(14)4-5-11(10)15/h4-5,7-8,12-13,17H,3,6,15-16H2,1-2H3/t12-,13+/m0/s1. The third-order valence-electron chi connectivity index (χ3n) is 2.86. The third-order valence-corrected chi connectivity index (χ3v) is 3.10. The van der Waals surface area contributed by atoms with E-state index >= 15 is 0 Å². The van der Waals surface area contributed by atoms with Gasteiger partial charge in [0, 0.05) is 10.7 Å². The first-order valence-electron chi connectivity index (χ1n) is 5.90. The van der Waals surface area contributed by atoms with Gasteiger partial charge >= 0.3 is 0 Å². The fourth-order valence-electron chi connectivity index (χ4n) is 1.73. The summed E-state index contributed by atoms with van der Waals surface area (Å²) in [6, 6.07) is 4.67. The Morgan fingerprint density at radius 1 is 1.29 bits per heavy atom. The van der Waals surface area contributed by atoms with Crippen LogP contribution in [0.2, 0.25) is 5.02 Å². The van der Waals surface area contributed by atoms with E-state index in [0.717, 1.165) is 6.42 Å². The van der Waals surface area contributed by atoms with Crippen molar-refractivity contribution in [3.05, 3.63) is 28.8 Å². The molecule has 0 bridgehead atoms. The van der Waals surface area contributed by atoms with E-state index in [-0.39, 0.29) is 0 Å². The molecule has 0 spiro atoms. The Morgan fingerprint density at radius 3 is 2.53 bits per heavy atom. The number of hydrogen-bond donors (Lipinski definition) is 3. The van der Waals surface area contributed by atoms with Crippen LogP contribution in [0.3, 0.4) is 0 Å². The summed E-state index contributed by atoms with van der Waals surface area (Å²) in [5.74, 6) is 0.550. The van der Waals surface area contributed by atoms with Crippen molar-refractivity contribution in [3.8, 4) is 0 Å². The molecule has 0 aromatic heterocycles. The third kappa shape index (κ3) is 4.19. The zero-order valence-corrected chi connectivity index (χ0v) is 11.1. The maximum atomic E-state index is 10.0. The molecule has 1 aromatic rings. The normalized spacial score (nSPS) is 14.9. The van der Waals surface area contributed by atoms with Gasteiger partial charge in [0.1, 0.15) is 0 Å². The van der Waals surface area contributed by atoms with Gasteiger partial charge in [0.15, 0.2) is 0 Å². The molecular formula is C13H21ClN2O. The number of anilines is 1. The Bertz CT molecular complexity index is 368. The van der Waals surface area contributed by atoms with E-state index in [1.165, 1.54) is 0 Å². The second-order valence-electron chi connectivity index (χ2n) is 4.84. The molecule has 0 saturated carbocycles. The number of nitrogens with two attached hydrogens (primary N) is 2. The average molecular weight is 257 g/mol. The first-order valence-corrected chi connectivity index (χ1v) is 6.28. The van der Waals surface area contributed by atoms with Crippen LogP contribution in [0.5, 0.6) is 0 Å². The Morgan fingerprint density at radius 2 is 1.94 bits per heavy atom. The van der Waals surface area contributed by atoms with Crippen molar-refractivity contribution in [2.45, 2.75) is 38.8 Å². The number of aliphatic hydroxyl groups is 1. The van der Waals surface area contributed by atoms with Gasteiger partial charge in [-0.2, -0.15) is 0 Å². The summed E-state index contributed by atoms with van der Waals surface area (Å²) in [4.78, 5) is 0. The molecule has 1 rings (SSSR count). The number of hydrogen-bond acceptors (Lipinski definition) is 3. The molecule has 0 unspecified atom stereocenters. The van der Waals surface area contributed by atoms with Crippen LogP contribution in [0.1, 0.15) is 38.3 Å². The number of nitrogen functional groups attached to an aromatic ring is 1. The van der Waals surface area contributed by atoms with Crippen LogP contribution in [0, 0.1) is 5.92 Å². The second-order valence-corrected chi connectivity index (χ2v) is 5.27. The Labute approximate surface area is 108 Å². The molecule has 1 aromatic carbocycles. The van der Waals surface area contributed by atoms with Crippen molar-refractivity contribution in [2.24, 2.45) is 11.7 Å². The van der Waals surface area contributed by atoms with Crippen molar-refractivity contribution >= 4 is 17.3 Å². The summed E-state index contributed by atoms with van der Waals surface area (Å²) in [7, 11) is 0. The quantitative estimate of drug-likeness (QED) is 0.710. The fraction of sp³-hybridized carbons (Fsp3) is 0.538. The number of halogens is 1. The van der Waals surface area contributed by atoms with Crippen LogP contribution in [0.25, 0.3) is 0 Å². The molecule has 4 heteroatoms. The Balaban J connectivity index is 2.74. The van der Waals surface area contributed by atoms with Crippen LogP contribution < -0.4 is 11.5 Å². The monoisotopic (exact) mass is 256 g/mol. The van der Waals surface area contributed by atoms with Crippen molar-refractivity contribution in [2.75, 3.05) is 5.73 Å². The summed E-state index contributed by atoms with van der Waals surface area (Å²) >= 11 is 5.90. The molecule has 0 amide bonds. The largest absolute Gasteiger partial charge is 0.398 e. The van der Waals surface area contributed by atoms with Gasteiger partial charge in [0.2, 0.25) is 0 Å². The predicted octanol–water partition coefficient (Wildman–Crippen LogP) is 2.72. The first kappa shape index (κ1) is 14.3. The van der Waals surface area contributed by atoms with Crippen molar-refractivity contribution in [1.82, 2.24) is 0 Å². The van der Waals surface area contributed by atoms with Gasteiger partial charge in [-0.05, 0) is 42.5 Å². The SMILES string of the molecule is CC(C)CC[C@H](O)[C@H](N)c1cc(Cl)ccc1N. The lowest BCUT2D eigenvalue weighted by Crippen LogP contribution is -2.27. The zero-order valence-electron chi connectivity index (χ0n) is 10.4. The molecule has 0 aliphatic rings. The lowest BCUT2D eigenvalue weighted by molar-refractivity contribution is 0.128. The summed E-state index contributed by atoms with van der Waals surface area (Å²) in [6.45, 7) is 4.23. The van der Waals surface area contributed by atoms with Crippen molar-refractivity contribution in [3.63, 3.8) is 0 Å². The van der Waals surface area contributed by atoms with E-state index < -0.39 is 12.1 Å². The van der Waals surface area contributed by atoms with Gasteiger partial charge in [-0.1, -0.05) is 25.4 Å². The molecule has 0 fully saturated rings. The molecule has 3 nitrogen and oxygen atoms in total. The maximum absolute atomic E-state index is 10.0. The van der Waals surface area contributed by atoms with Crippen LogP contribution in [0.15, 0.2) is 18.2 Å². The molecule has 0 radical (unpaired) electrons. The summed E-state index contributed by atoms with van der Waals surface area (Å²) in [5, 5.41) is 10.6. The summed E-state index contributed by atoms with van der Waals surface area (Å²) in [5.41, 5.74) is 13.1. The van der Waals surface area contributed by atoms with E-state index in [9.17, 15) is 5.11 Å². The summed E-state index contributed by atoms with van der Waals surface area (Å²) < 4.78 is 0. The average Bonchev–Trinajstić information content (AvgIpc) is 2.28. The molecule has 2 atom stereocenters. The topological polar surface area (TPSA) is 72.3 Å².